The molecule has 0 aliphatic rings. The maximum Gasteiger partial charge on any atom is 0.258 e. The minimum Gasteiger partial charge on any atom is -0.484 e. The predicted molar refractivity (Wildman–Crippen MR) is 105 cm³/mol. The van der Waals surface area contributed by atoms with Crippen molar-refractivity contribution in [1.29, 1.82) is 0 Å². The zero-order valence-electron chi connectivity index (χ0n) is 15.0. The number of carbonyl (C=O) groups is 1. The molecule has 0 saturated heterocycles. The highest BCUT2D eigenvalue weighted by Crippen LogP contribution is 2.28. The number of hydrogen-bond donors (Lipinski definition) is 1. The Kier molecular flexibility index (Phi) is 5.06. The van der Waals surface area contributed by atoms with Crippen LogP contribution in [0.2, 0.25) is 0 Å². The van der Waals surface area contributed by atoms with Crippen LogP contribution >= 0.6 is 0 Å². The molecule has 1 heterocycles. The molecule has 1 amide bonds. The molecule has 140 valence electrons. The second-order valence-corrected chi connectivity index (χ2v) is 6.34. The Morgan fingerprint density at radius 1 is 0.964 bits per heavy atom. The lowest BCUT2D eigenvalue weighted by atomic mass is 10.0. The molecule has 0 saturated carbocycles. The molecule has 4 nitrogen and oxygen atoms in total. The lowest BCUT2D eigenvalue weighted by Gasteiger charge is -2.17. The zero-order valence-corrected chi connectivity index (χ0v) is 15.0. The number of amides is 1. The minimum atomic E-state index is -0.446. The molecule has 4 aromatic rings. The van der Waals surface area contributed by atoms with Crippen LogP contribution in [0.1, 0.15) is 17.4 Å². The summed E-state index contributed by atoms with van der Waals surface area (Å²) in [4.78, 5) is 12.5. The summed E-state index contributed by atoms with van der Waals surface area (Å²) in [6.45, 7) is -0.185. The normalized spacial score (nSPS) is 11.9. The summed E-state index contributed by atoms with van der Waals surface area (Å²) in [6.07, 6.45) is 0. The Labute approximate surface area is 161 Å². The maximum atomic E-state index is 13.0. The second-order valence-electron chi connectivity index (χ2n) is 6.34. The largest absolute Gasteiger partial charge is 0.484 e. The van der Waals surface area contributed by atoms with Crippen LogP contribution in [-0.2, 0) is 4.79 Å². The van der Waals surface area contributed by atoms with Crippen molar-refractivity contribution in [3.63, 3.8) is 0 Å². The van der Waals surface area contributed by atoms with Gasteiger partial charge in [-0.25, -0.2) is 4.39 Å². The van der Waals surface area contributed by atoms with Gasteiger partial charge in [-0.3, -0.25) is 4.79 Å². The van der Waals surface area contributed by atoms with E-state index in [9.17, 15) is 9.18 Å². The molecule has 0 aliphatic heterocycles. The van der Waals surface area contributed by atoms with E-state index in [-0.39, 0.29) is 18.3 Å². The first kappa shape index (κ1) is 17.8. The molecular weight excluding hydrogens is 357 g/mol. The van der Waals surface area contributed by atoms with Gasteiger partial charge in [0.05, 0.1) is 0 Å². The van der Waals surface area contributed by atoms with Crippen molar-refractivity contribution in [2.45, 2.75) is 6.04 Å². The lowest BCUT2D eigenvalue weighted by molar-refractivity contribution is -0.123. The van der Waals surface area contributed by atoms with Crippen LogP contribution in [0.15, 0.2) is 89.3 Å². The van der Waals surface area contributed by atoms with E-state index in [0.717, 1.165) is 16.5 Å². The van der Waals surface area contributed by atoms with Gasteiger partial charge >= 0.3 is 0 Å². The summed E-state index contributed by atoms with van der Waals surface area (Å²) in [5.41, 5.74) is 1.66. The van der Waals surface area contributed by atoms with Crippen molar-refractivity contribution in [3.05, 3.63) is 102 Å². The Bertz CT molecular complexity index is 1040. The lowest BCUT2D eigenvalue weighted by Crippen LogP contribution is -2.33. The summed E-state index contributed by atoms with van der Waals surface area (Å²) < 4.78 is 24.4. The standard InChI is InChI=1S/C23H18FNO3/c24-18-10-12-19(13-11-18)27-15-22(26)25-23(16-6-2-1-3-7-16)21-14-17-8-4-5-9-20(17)28-21/h1-14,23H,15H2,(H,25,26). The molecule has 0 spiro atoms. The third-order valence-electron chi connectivity index (χ3n) is 4.35. The van der Waals surface area contributed by atoms with Crippen LogP contribution < -0.4 is 10.1 Å². The number of carbonyl (C=O) groups excluding carboxylic acids is 1. The monoisotopic (exact) mass is 375 g/mol. The van der Waals surface area contributed by atoms with Crippen LogP contribution in [0.5, 0.6) is 5.75 Å². The van der Waals surface area contributed by atoms with Gasteiger partial charge in [0.15, 0.2) is 6.61 Å². The zero-order chi connectivity index (χ0) is 19.3. The number of para-hydroxylation sites is 1. The van der Waals surface area contributed by atoms with Crippen molar-refractivity contribution in [1.82, 2.24) is 5.32 Å². The third-order valence-corrected chi connectivity index (χ3v) is 4.35. The Morgan fingerprint density at radius 3 is 2.43 bits per heavy atom. The fourth-order valence-corrected chi connectivity index (χ4v) is 2.99. The van der Waals surface area contributed by atoms with Crippen molar-refractivity contribution >= 4 is 16.9 Å². The molecule has 0 fully saturated rings. The summed E-state index contributed by atoms with van der Waals surface area (Å²) >= 11 is 0. The molecule has 0 radical (unpaired) electrons. The number of ether oxygens (including phenoxy) is 1. The van der Waals surface area contributed by atoms with Crippen molar-refractivity contribution in [3.8, 4) is 5.75 Å². The molecule has 0 bridgehead atoms. The average molecular weight is 375 g/mol. The average Bonchev–Trinajstić information content (AvgIpc) is 3.16. The third kappa shape index (κ3) is 4.04. The van der Waals surface area contributed by atoms with Gasteiger partial charge in [-0.2, -0.15) is 0 Å². The van der Waals surface area contributed by atoms with Gasteiger partial charge in [0.1, 0.15) is 29.0 Å². The molecule has 1 atom stereocenters. The van der Waals surface area contributed by atoms with Crippen LogP contribution in [0.4, 0.5) is 4.39 Å². The van der Waals surface area contributed by atoms with Gasteiger partial charge in [0.2, 0.25) is 0 Å². The van der Waals surface area contributed by atoms with Gasteiger partial charge in [0, 0.05) is 5.39 Å². The van der Waals surface area contributed by atoms with E-state index >= 15 is 0 Å². The Balaban J connectivity index is 1.53. The molecule has 3 aromatic carbocycles. The topological polar surface area (TPSA) is 51.5 Å². The highest BCUT2D eigenvalue weighted by Gasteiger charge is 2.21. The van der Waals surface area contributed by atoms with Gasteiger partial charge < -0.3 is 14.5 Å². The SMILES string of the molecule is O=C(COc1ccc(F)cc1)NC(c1ccccc1)c1cc2ccccc2o1. The van der Waals surface area contributed by atoms with Gasteiger partial charge in [-0.1, -0.05) is 48.5 Å². The van der Waals surface area contributed by atoms with E-state index in [4.69, 9.17) is 9.15 Å². The molecule has 4 rings (SSSR count). The van der Waals surface area contributed by atoms with E-state index in [0.29, 0.717) is 11.5 Å². The molecular formula is C23H18FNO3. The van der Waals surface area contributed by atoms with Crippen LogP contribution in [0.3, 0.4) is 0 Å². The first-order chi connectivity index (χ1) is 13.7. The van der Waals surface area contributed by atoms with Gasteiger partial charge in [-0.15, -0.1) is 0 Å². The molecule has 1 N–H and O–H groups in total. The predicted octanol–water partition coefficient (Wildman–Crippen LogP) is 4.86. The number of hydrogen-bond acceptors (Lipinski definition) is 3. The second kappa shape index (κ2) is 7.96. The number of benzene rings is 3. The molecule has 28 heavy (non-hydrogen) atoms. The highest BCUT2D eigenvalue weighted by atomic mass is 19.1. The number of fused-ring (bicyclic) bond motifs is 1. The summed E-state index contributed by atoms with van der Waals surface area (Å²) in [5.74, 6) is 0.406. The molecule has 1 aromatic heterocycles. The van der Waals surface area contributed by atoms with E-state index < -0.39 is 6.04 Å². The van der Waals surface area contributed by atoms with E-state index in [1.807, 2.05) is 60.7 Å². The first-order valence-corrected chi connectivity index (χ1v) is 8.90. The van der Waals surface area contributed by atoms with E-state index in [2.05, 4.69) is 5.32 Å². The summed E-state index contributed by atoms with van der Waals surface area (Å²) in [7, 11) is 0. The first-order valence-electron chi connectivity index (χ1n) is 8.90. The smallest absolute Gasteiger partial charge is 0.258 e. The minimum absolute atomic E-state index is 0.185. The fourth-order valence-electron chi connectivity index (χ4n) is 2.99. The quantitative estimate of drug-likeness (QED) is 0.524. The number of furan rings is 1. The van der Waals surface area contributed by atoms with Crippen molar-refractivity contribution in [2.24, 2.45) is 0 Å². The van der Waals surface area contributed by atoms with E-state index in [1.54, 1.807) is 0 Å². The fraction of sp³-hybridized carbons (Fsp3) is 0.0870. The Hall–Kier alpha value is -3.60. The van der Waals surface area contributed by atoms with Gasteiger partial charge in [-0.05, 0) is 42.0 Å². The van der Waals surface area contributed by atoms with E-state index in [1.165, 1.54) is 24.3 Å². The van der Waals surface area contributed by atoms with Crippen molar-refractivity contribution < 1.29 is 18.3 Å². The highest BCUT2D eigenvalue weighted by molar-refractivity contribution is 5.80. The number of rotatable bonds is 6. The van der Waals surface area contributed by atoms with Crippen LogP contribution in [0.25, 0.3) is 11.0 Å². The molecule has 0 aliphatic carbocycles. The molecule has 5 heteroatoms. The number of nitrogens with one attached hydrogen (secondary N) is 1. The maximum absolute atomic E-state index is 13.0. The van der Waals surface area contributed by atoms with Crippen molar-refractivity contribution in [2.75, 3.05) is 6.61 Å². The summed E-state index contributed by atoms with van der Waals surface area (Å²) in [6, 6.07) is 24.3. The van der Waals surface area contributed by atoms with Gasteiger partial charge in [0.25, 0.3) is 5.91 Å². The molecule has 1 unspecified atom stereocenters. The number of halogens is 1. The van der Waals surface area contributed by atoms with Crippen LogP contribution in [-0.4, -0.2) is 12.5 Å². The van der Waals surface area contributed by atoms with Crippen LogP contribution in [0, 0.1) is 5.82 Å². The Morgan fingerprint density at radius 2 is 1.68 bits per heavy atom. The summed E-state index contributed by atoms with van der Waals surface area (Å²) in [5, 5.41) is 3.93.